The molecule has 2 unspecified atom stereocenters. The maximum atomic E-state index is 13.8. The molecule has 0 N–H and O–H groups in total. The highest BCUT2D eigenvalue weighted by molar-refractivity contribution is 6.24. The lowest BCUT2D eigenvalue weighted by molar-refractivity contribution is -0.136. The second kappa shape index (κ2) is 11.6. The first-order valence-electron chi connectivity index (χ1n) is 15.4. The van der Waals surface area contributed by atoms with Crippen LogP contribution in [-0.2, 0) is 9.53 Å². The van der Waals surface area contributed by atoms with E-state index < -0.39 is 0 Å². The van der Waals surface area contributed by atoms with E-state index in [9.17, 15) is 14.4 Å². The van der Waals surface area contributed by atoms with Crippen molar-refractivity contribution in [1.29, 1.82) is 0 Å². The van der Waals surface area contributed by atoms with Crippen molar-refractivity contribution in [2.45, 2.75) is 58.1 Å². The average molecular weight is 575 g/mol. The first kappa shape index (κ1) is 28.5. The van der Waals surface area contributed by atoms with Crippen LogP contribution in [0.25, 0.3) is 0 Å². The van der Waals surface area contributed by atoms with Crippen molar-refractivity contribution in [3.8, 4) is 5.75 Å². The van der Waals surface area contributed by atoms with E-state index >= 15 is 0 Å². The number of fused-ring (bicyclic) bond motifs is 1. The quantitative estimate of drug-likeness (QED) is 0.478. The van der Waals surface area contributed by atoms with Gasteiger partial charge in [-0.05, 0) is 70.7 Å². The zero-order valence-electron chi connectivity index (χ0n) is 25.0. The fraction of sp³-hybridized carbons (Fsp3) is 0.545. The number of ether oxygens (including phenoxy) is 2. The Labute approximate surface area is 248 Å². The Kier molecular flexibility index (Phi) is 7.87. The van der Waals surface area contributed by atoms with E-state index in [1.165, 1.54) is 4.90 Å². The third-order valence-corrected chi connectivity index (χ3v) is 9.17. The molecule has 2 atom stereocenters. The van der Waals surface area contributed by atoms with Gasteiger partial charge in [0.15, 0.2) is 0 Å². The van der Waals surface area contributed by atoms with Crippen LogP contribution in [0.2, 0.25) is 0 Å². The third-order valence-electron chi connectivity index (χ3n) is 9.17. The van der Waals surface area contributed by atoms with Gasteiger partial charge < -0.3 is 24.2 Å². The highest BCUT2D eigenvalue weighted by atomic mass is 16.5. The lowest BCUT2D eigenvalue weighted by Gasteiger charge is -2.40. The van der Waals surface area contributed by atoms with E-state index in [4.69, 9.17) is 9.47 Å². The van der Waals surface area contributed by atoms with Crippen molar-refractivity contribution in [2.24, 2.45) is 5.92 Å². The Balaban J connectivity index is 1.14. The van der Waals surface area contributed by atoms with Crippen molar-refractivity contribution >= 4 is 29.1 Å². The summed E-state index contributed by atoms with van der Waals surface area (Å²) in [6, 6.07) is 13.5. The molecule has 224 valence electrons. The number of rotatable bonds is 6. The molecule has 4 aliphatic heterocycles. The molecule has 9 nitrogen and oxygen atoms in total. The van der Waals surface area contributed by atoms with Crippen molar-refractivity contribution < 1.29 is 23.9 Å². The summed E-state index contributed by atoms with van der Waals surface area (Å²) in [5.74, 6) is 0.485. The molecule has 9 heteroatoms. The lowest BCUT2D eigenvalue weighted by atomic mass is 9.93. The van der Waals surface area contributed by atoms with Gasteiger partial charge >= 0.3 is 0 Å². The van der Waals surface area contributed by atoms with E-state index in [1.54, 1.807) is 6.07 Å². The van der Waals surface area contributed by atoms with Gasteiger partial charge in [0.05, 0.1) is 40.6 Å². The molecule has 3 fully saturated rings. The van der Waals surface area contributed by atoms with E-state index in [0.717, 1.165) is 49.6 Å². The number of amides is 3. The fourth-order valence-electron chi connectivity index (χ4n) is 7.12. The van der Waals surface area contributed by atoms with Gasteiger partial charge in [0.2, 0.25) is 5.91 Å². The molecule has 0 aliphatic carbocycles. The molecule has 3 saturated heterocycles. The Hall–Kier alpha value is -3.59. The molecule has 0 aromatic heterocycles. The number of para-hydroxylation sites is 2. The van der Waals surface area contributed by atoms with Crippen LogP contribution < -0.4 is 14.5 Å². The number of anilines is 2. The molecule has 4 heterocycles. The number of carbonyl (C=O) groups excluding carboxylic acids is 3. The maximum absolute atomic E-state index is 13.8. The van der Waals surface area contributed by atoms with Crippen molar-refractivity contribution in [3.05, 3.63) is 53.6 Å². The topological polar surface area (TPSA) is 82.6 Å². The van der Waals surface area contributed by atoms with Gasteiger partial charge in [-0.25, -0.2) is 0 Å². The molecule has 6 rings (SSSR count). The molecule has 4 aliphatic rings. The number of nitrogens with zero attached hydrogens (tertiary/aromatic N) is 4. The molecule has 42 heavy (non-hydrogen) atoms. The lowest BCUT2D eigenvalue weighted by Crippen LogP contribution is -2.52. The fourth-order valence-corrected chi connectivity index (χ4v) is 7.12. The summed E-state index contributed by atoms with van der Waals surface area (Å²) in [6.45, 7) is 11.3. The van der Waals surface area contributed by atoms with Gasteiger partial charge in [0.25, 0.3) is 11.8 Å². The van der Waals surface area contributed by atoms with Gasteiger partial charge in [-0.15, -0.1) is 0 Å². The average Bonchev–Trinajstić information content (AvgIpc) is 3.26. The first-order chi connectivity index (χ1) is 20.3. The van der Waals surface area contributed by atoms with Crippen LogP contribution in [0, 0.1) is 5.92 Å². The maximum Gasteiger partial charge on any atom is 0.263 e. The van der Waals surface area contributed by atoms with Crippen molar-refractivity contribution in [3.63, 3.8) is 0 Å². The van der Waals surface area contributed by atoms with Crippen LogP contribution in [0.5, 0.6) is 5.75 Å². The zero-order chi connectivity index (χ0) is 29.4. The molecular formula is C33H42N4O5. The SMILES string of the molecule is CCOc1ccccc1N1CCN(C(=O)C2CCCN(c3cccc4c3C(=O)N(C3CCOC(C)(C)C3)C4=O)C2)CC1. The molecule has 0 bridgehead atoms. The van der Waals surface area contributed by atoms with E-state index in [2.05, 4.69) is 15.9 Å². The molecule has 2 aromatic carbocycles. The van der Waals surface area contributed by atoms with E-state index in [1.807, 2.05) is 56.0 Å². The number of benzene rings is 2. The van der Waals surface area contributed by atoms with Gasteiger partial charge in [-0.1, -0.05) is 18.2 Å². The summed E-state index contributed by atoms with van der Waals surface area (Å²) in [5.41, 5.74) is 2.43. The van der Waals surface area contributed by atoms with E-state index in [-0.39, 0.29) is 35.3 Å². The molecule has 0 saturated carbocycles. The van der Waals surface area contributed by atoms with Gasteiger partial charge in [-0.3, -0.25) is 19.3 Å². The number of hydrogen-bond donors (Lipinski definition) is 0. The number of imide groups is 1. The zero-order valence-corrected chi connectivity index (χ0v) is 25.0. The summed E-state index contributed by atoms with van der Waals surface area (Å²) in [6.07, 6.45) is 2.96. The van der Waals surface area contributed by atoms with Crippen LogP contribution in [0.15, 0.2) is 42.5 Å². The minimum Gasteiger partial charge on any atom is -0.492 e. The highest BCUT2D eigenvalue weighted by Gasteiger charge is 2.45. The number of piperazine rings is 1. The summed E-state index contributed by atoms with van der Waals surface area (Å²) in [4.78, 5) is 48.9. The second-order valence-corrected chi connectivity index (χ2v) is 12.4. The standard InChI is InChI=1S/C33H42N4O5/c1-4-41-28-13-6-5-11-26(28)34-16-18-35(19-17-34)30(38)23-9-8-15-36(22-23)27-12-7-10-25-29(27)32(40)37(31(25)39)24-14-20-42-33(2,3)21-24/h5-7,10-13,23-24H,4,8-9,14-22H2,1-3H3. The number of carbonyl (C=O) groups is 3. The molecule has 2 aromatic rings. The van der Waals surface area contributed by atoms with Gasteiger partial charge in [-0.2, -0.15) is 0 Å². The monoisotopic (exact) mass is 574 g/mol. The molecule has 3 amide bonds. The molecule has 0 radical (unpaired) electrons. The van der Waals surface area contributed by atoms with Crippen LogP contribution in [-0.4, -0.2) is 91.6 Å². The largest absolute Gasteiger partial charge is 0.492 e. The summed E-state index contributed by atoms with van der Waals surface area (Å²) >= 11 is 0. The third kappa shape index (κ3) is 5.35. The Bertz CT molecular complexity index is 1350. The van der Waals surface area contributed by atoms with Crippen LogP contribution in [0.3, 0.4) is 0 Å². The van der Waals surface area contributed by atoms with E-state index in [0.29, 0.717) is 56.8 Å². The Morgan fingerprint density at radius 3 is 2.45 bits per heavy atom. The van der Waals surface area contributed by atoms with Crippen molar-refractivity contribution in [2.75, 3.05) is 62.3 Å². The molecule has 0 spiro atoms. The summed E-state index contributed by atoms with van der Waals surface area (Å²) in [5, 5.41) is 0. The van der Waals surface area contributed by atoms with Gasteiger partial charge in [0, 0.05) is 51.9 Å². The first-order valence-corrected chi connectivity index (χ1v) is 15.4. The highest BCUT2D eigenvalue weighted by Crippen LogP contribution is 2.38. The smallest absolute Gasteiger partial charge is 0.263 e. The van der Waals surface area contributed by atoms with Crippen LogP contribution >= 0.6 is 0 Å². The predicted molar refractivity (Wildman–Crippen MR) is 161 cm³/mol. The number of hydrogen-bond acceptors (Lipinski definition) is 7. The Morgan fingerprint density at radius 2 is 1.69 bits per heavy atom. The number of piperidine rings is 1. The molecular weight excluding hydrogens is 532 g/mol. The minimum absolute atomic E-state index is 0.142. The summed E-state index contributed by atoms with van der Waals surface area (Å²) < 4.78 is 11.7. The van der Waals surface area contributed by atoms with Crippen LogP contribution in [0.1, 0.15) is 67.2 Å². The normalized spacial score (nSPS) is 24.2. The Morgan fingerprint density at radius 1 is 0.929 bits per heavy atom. The van der Waals surface area contributed by atoms with Crippen LogP contribution in [0.4, 0.5) is 11.4 Å². The van der Waals surface area contributed by atoms with Crippen molar-refractivity contribution in [1.82, 2.24) is 9.80 Å². The summed E-state index contributed by atoms with van der Waals surface area (Å²) in [7, 11) is 0. The predicted octanol–water partition coefficient (Wildman–Crippen LogP) is 4.20. The van der Waals surface area contributed by atoms with Gasteiger partial charge in [0.1, 0.15) is 5.75 Å². The second-order valence-electron chi connectivity index (χ2n) is 12.4. The minimum atomic E-state index is -0.375.